The summed E-state index contributed by atoms with van der Waals surface area (Å²) in [6, 6.07) is 0. The van der Waals surface area contributed by atoms with Crippen LogP contribution in [-0.4, -0.2) is 57.0 Å². The Morgan fingerprint density at radius 2 is 1.09 bits per heavy atom. The molecule has 2 atom stereocenters. The third-order valence-electron chi connectivity index (χ3n) is 5.05. The van der Waals surface area contributed by atoms with Crippen molar-refractivity contribution in [1.29, 1.82) is 0 Å². The zero-order valence-corrected chi connectivity index (χ0v) is 18.5. The van der Waals surface area contributed by atoms with Crippen LogP contribution >= 0.6 is 0 Å². The van der Waals surface area contributed by atoms with Crippen LogP contribution in [0.4, 0.5) is 35.1 Å². The van der Waals surface area contributed by atoms with Crippen molar-refractivity contribution in [2.24, 2.45) is 0 Å². The van der Waals surface area contributed by atoms with Gasteiger partial charge in [0.25, 0.3) is 0 Å². The van der Waals surface area contributed by atoms with Crippen LogP contribution in [0.1, 0.15) is 51.4 Å². The quantitative estimate of drug-likeness (QED) is 0.258. The molecule has 0 aromatic carbocycles. The van der Waals surface area contributed by atoms with E-state index in [4.69, 9.17) is 4.18 Å². The number of hydrogen-bond donors (Lipinski definition) is 0. The molecule has 17 heteroatoms. The Kier molecular flexibility index (Phi) is 10.9. The average Bonchev–Trinajstić information content (AvgIpc) is 2.73. The highest BCUT2D eigenvalue weighted by Crippen LogP contribution is 2.34. The fraction of sp³-hybridized carbons (Fsp3) is 1.00. The molecule has 0 N–H and O–H groups in total. The SMILES string of the molecule is O=S([N-]OS(=O)C1CCC(OC(F)(F)C(F)F)CC1)OC1CCC(OC(F)(F)C(F)F)CC1. The Labute approximate surface area is 189 Å². The maximum atomic E-state index is 12.9. The lowest BCUT2D eigenvalue weighted by Crippen LogP contribution is -2.38. The average molecular weight is 540 g/mol. The first-order valence-corrected chi connectivity index (χ1v) is 12.0. The lowest BCUT2D eigenvalue weighted by atomic mass is 9.95. The van der Waals surface area contributed by atoms with Gasteiger partial charge in [-0.1, -0.05) is 0 Å². The van der Waals surface area contributed by atoms with E-state index < -0.39 is 71.0 Å². The second-order valence-corrected chi connectivity index (χ2v) is 9.59. The molecule has 0 aromatic heterocycles. The van der Waals surface area contributed by atoms with Crippen molar-refractivity contribution in [2.75, 3.05) is 0 Å². The molecule has 0 heterocycles. The van der Waals surface area contributed by atoms with Gasteiger partial charge in [-0.05, 0) is 51.4 Å². The van der Waals surface area contributed by atoms with Gasteiger partial charge in [0, 0.05) is 0 Å². The van der Waals surface area contributed by atoms with Crippen LogP contribution in [0.25, 0.3) is 4.89 Å². The summed E-state index contributed by atoms with van der Waals surface area (Å²) in [4.78, 5) is 3.15. The summed E-state index contributed by atoms with van der Waals surface area (Å²) in [6.45, 7) is 0. The summed E-state index contributed by atoms with van der Waals surface area (Å²) < 4.78 is 142. The fourth-order valence-electron chi connectivity index (χ4n) is 3.39. The highest BCUT2D eigenvalue weighted by atomic mass is 32.2. The minimum atomic E-state index is -4.58. The number of halogens is 8. The van der Waals surface area contributed by atoms with Crippen molar-refractivity contribution in [3.8, 4) is 0 Å². The van der Waals surface area contributed by atoms with Crippen LogP contribution in [0.2, 0.25) is 0 Å². The Bertz CT molecular complexity index is 661. The van der Waals surface area contributed by atoms with Crippen molar-refractivity contribution in [3.63, 3.8) is 0 Å². The predicted octanol–water partition coefficient (Wildman–Crippen LogP) is 4.92. The molecule has 7 nitrogen and oxygen atoms in total. The molecule has 0 aromatic rings. The Hall–Kier alpha value is -0.460. The summed E-state index contributed by atoms with van der Waals surface area (Å²) in [7, 11) is 0. The van der Waals surface area contributed by atoms with Gasteiger partial charge in [-0.2, -0.15) is 17.6 Å². The minimum absolute atomic E-state index is 0.0485. The van der Waals surface area contributed by atoms with E-state index in [9.17, 15) is 43.5 Å². The summed E-state index contributed by atoms with van der Waals surface area (Å²) in [5.41, 5.74) is 0. The maximum absolute atomic E-state index is 12.9. The van der Waals surface area contributed by atoms with Gasteiger partial charge >= 0.3 is 25.1 Å². The molecule has 2 aliphatic rings. The third kappa shape index (κ3) is 9.25. The monoisotopic (exact) mass is 540 g/mol. The van der Waals surface area contributed by atoms with Crippen molar-refractivity contribution in [1.82, 2.24) is 0 Å². The molecule has 33 heavy (non-hydrogen) atoms. The van der Waals surface area contributed by atoms with E-state index in [0.717, 1.165) is 0 Å². The molecule has 0 aliphatic heterocycles. The van der Waals surface area contributed by atoms with Crippen LogP contribution in [0.5, 0.6) is 0 Å². The first kappa shape index (κ1) is 28.8. The molecule has 0 bridgehead atoms. The fourth-order valence-corrected chi connectivity index (χ4v) is 5.06. The molecular formula is C16H22F8NO6S2-. The smallest absolute Gasteiger partial charge is 0.408 e. The molecule has 0 spiro atoms. The standard InChI is InChI=1S/C16H22F8NO6S2/c17-13(18)15(21,22)28-9-1-3-11(4-2-9)30-33(27)25-31-32(26)12-7-5-10(6-8-12)29-16(23,24)14(19)20/h9-14H,1-8H2/q-1. The topological polar surface area (TPSA) is 85.2 Å². The number of nitrogens with zero attached hydrogens (tertiary/aromatic N) is 1. The van der Waals surface area contributed by atoms with E-state index in [2.05, 4.69) is 18.6 Å². The van der Waals surface area contributed by atoms with Gasteiger partial charge in [0.2, 0.25) is 0 Å². The Balaban J connectivity index is 1.64. The van der Waals surface area contributed by atoms with Crippen LogP contribution in [0.15, 0.2) is 0 Å². The van der Waals surface area contributed by atoms with E-state index in [0.29, 0.717) is 0 Å². The first-order valence-electron chi connectivity index (χ1n) is 9.86. The molecule has 2 fully saturated rings. The van der Waals surface area contributed by atoms with Crippen LogP contribution in [0, 0.1) is 0 Å². The van der Waals surface area contributed by atoms with Gasteiger partial charge < -0.3 is 22.8 Å². The third-order valence-corrected chi connectivity index (χ3v) is 7.02. The molecule has 0 saturated heterocycles. The van der Waals surface area contributed by atoms with Crippen LogP contribution in [-0.2, 0) is 40.3 Å². The van der Waals surface area contributed by atoms with Crippen molar-refractivity contribution < 1.29 is 61.5 Å². The number of rotatable bonds is 12. The molecule has 0 amide bonds. The summed E-state index contributed by atoms with van der Waals surface area (Å²) >= 11 is -4.52. The molecule has 2 aliphatic carbocycles. The van der Waals surface area contributed by atoms with Gasteiger partial charge in [-0.25, -0.2) is 21.8 Å². The highest BCUT2D eigenvalue weighted by Gasteiger charge is 2.46. The van der Waals surface area contributed by atoms with E-state index in [-0.39, 0.29) is 51.4 Å². The van der Waals surface area contributed by atoms with Gasteiger partial charge in [0.1, 0.15) is 11.1 Å². The molecule has 196 valence electrons. The van der Waals surface area contributed by atoms with E-state index in [1.54, 1.807) is 0 Å². The number of alkyl halides is 8. The van der Waals surface area contributed by atoms with Gasteiger partial charge in [0.15, 0.2) is 0 Å². The minimum Gasteiger partial charge on any atom is -0.408 e. The number of ether oxygens (including phenoxy) is 2. The second kappa shape index (κ2) is 12.5. The number of hydrogen-bond acceptors (Lipinski definition) is 6. The van der Waals surface area contributed by atoms with Crippen molar-refractivity contribution in [3.05, 3.63) is 4.89 Å². The predicted molar refractivity (Wildman–Crippen MR) is 98.0 cm³/mol. The Morgan fingerprint density at radius 3 is 1.52 bits per heavy atom. The molecule has 2 unspecified atom stereocenters. The van der Waals surface area contributed by atoms with Gasteiger partial charge in [-0.3, -0.25) is 4.21 Å². The summed E-state index contributed by atoms with van der Waals surface area (Å²) in [6.07, 6.45) is -20.1. The van der Waals surface area contributed by atoms with Gasteiger partial charge in [0.05, 0.1) is 34.8 Å². The van der Waals surface area contributed by atoms with Crippen molar-refractivity contribution >= 4 is 22.3 Å². The summed E-state index contributed by atoms with van der Waals surface area (Å²) in [5.74, 6) is 0. The lowest BCUT2D eigenvalue weighted by molar-refractivity contribution is -0.321. The maximum Gasteiger partial charge on any atom is 0.416 e. The lowest BCUT2D eigenvalue weighted by Gasteiger charge is -2.33. The summed E-state index contributed by atoms with van der Waals surface area (Å²) in [5, 5.41) is -0.685. The highest BCUT2D eigenvalue weighted by molar-refractivity contribution is 7.85. The zero-order valence-electron chi connectivity index (χ0n) is 16.9. The largest absolute Gasteiger partial charge is 0.416 e. The normalized spacial score (nSPS) is 29.4. The van der Waals surface area contributed by atoms with Crippen LogP contribution in [0.3, 0.4) is 0 Å². The zero-order chi connectivity index (χ0) is 24.8. The first-order chi connectivity index (χ1) is 15.3. The molecular weight excluding hydrogens is 518 g/mol. The van der Waals surface area contributed by atoms with E-state index >= 15 is 0 Å². The van der Waals surface area contributed by atoms with Crippen molar-refractivity contribution in [2.45, 2.75) is 100.0 Å². The molecule has 2 rings (SSSR count). The van der Waals surface area contributed by atoms with E-state index in [1.165, 1.54) is 0 Å². The second-order valence-electron chi connectivity index (χ2n) is 7.48. The Morgan fingerprint density at radius 1 is 0.697 bits per heavy atom. The van der Waals surface area contributed by atoms with Gasteiger partial charge in [-0.15, -0.1) is 0 Å². The van der Waals surface area contributed by atoms with E-state index in [1.807, 2.05) is 0 Å². The van der Waals surface area contributed by atoms with Crippen LogP contribution < -0.4 is 0 Å². The molecule has 0 radical (unpaired) electrons. The molecule has 2 saturated carbocycles.